The van der Waals surface area contributed by atoms with E-state index in [9.17, 15) is 9.90 Å². The van der Waals surface area contributed by atoms with Crippen LogP contribution in [-0.2, 0) is 16.8 Å². The van der Waals surface area contributed by atoms with Gasteiger partial charge in [-0.2, -0.15) is 0 Å². The van der Waals surface area contributed by atoms with Crippen LogP contribution in [0, 0.1) is 5.92 Å². The number of carbonyl (C=O) groups is 1. The van der Waals surface area contributed by atoms with Gasteiger partial charge < -0.3 is 19.7 Å². The molecule has 1 amide bonds. The Morgan fingerprint density at radius 1 is 1.32 bits per heavy atom. The Morgan fingerprint density at radius 2 is 2.15 bits per heavy atom. The fourth-order valence-corrected chi connectivity index (χ4v) is 6.86. The molecule has 0 unspecified atom stereocenters. The highest BCUT2D eigenvalue weighted by atomic mass is 32.1. The molecule has 4 heterocycles. The lowest BCUT2D eigenvalue weighted by molar-refractivity contribution is -0.144. The zero-order chi connectivity index (χ0) is 23.3. The zero-order valence-electron chi connectivity index (χ0n) is 19.6. The molecule has 34 heavy (non-hydrogen) atoms. The van der Waals surface area contributed by atoms with E-state index in [1.807, 2.05) is 28.6 Å². The third-order valence-electron chi connectivity index (χ3n) is 8.31. The Bertz CT molecular complexity index is 1180. The SMILES string of the molecule is COc1ccc2c3c([nH]c2c1)[C@@H](CO)N(C(=O)C1CCC1)CC31CCN(Cc2nccs2)CC1. The van der Waals surface area contributed by atoms with E-state index in [0.29, 0.717) is 6.54 Å². The number of H-pyrrole nitrogens is 1. The molecular formula is C26H32N4O3S. The first-order chi connectivity index (χ1) is 16.6. The number of ether oxygens (including phenoxy) is 1. The molecule has 1 atom stereocenters. The van der Waals surface area contributed by atoms with Crippen LogP contribution in [0.4, 0.5) is 0 Å². The predicted molar refractivity (Wildman–Crippen MR) is 132 cm³/mol. The second kappa shape index (κ2) is 8.66. The van der Waals surface area contributed by atoms with Crippen molar-refractivity contribution in [3.05, 3.63) is 46.0 Å². The molecule has 1 aliphatic carbocycles. The number of amides is 1. The van der Waals surface area contributed by atoms with Gasteiger partial charge in [-0.15, -0.1) is 11.3 Å². The number of carbonyl (C=O) groups excluding carboxylic acids is 1. The van der Waals surface area contributed by atoms with Crippen LogP contribution in [0.3, 0.4) is 0 Å². The number of aliphatic hydroxyl groups is 1. The van der Waals surface area contributed by atoms with Gasteiger partial charge in [0, 0.05) is 52.1 Å². The van der Waals surface area contributed by atoms with Crippen LogP contribution < -0.4 is 4.74 Å². The summed E-state index contributed by atoms with van der Waals surface area (Å²) in [6.45, 7) is 3.44. The van der Waals surface area contributed by atoms with Crippen molar-refractivity contribution in [3.8, 4) is 5.75 Å². The summed E-state index contributed by atoms with van der Waals surface area (Å²) in [6, 6.07) is 5.87. The molecule has 1 spiro atoms. The minimum Gasteiger partial charge on any atom is -0.497 e. The molecular weight excluding hydrogens is 448 g/mol. The molecule has 3 aromatic rings. The summed E-state index contributed by atoms with van der Waals surface area (Å²) in [5.41, 5.74) is 3.21. The first-order valence-corrected chi connectivity index (χ1v) is 13.2. The highest BCUT2D eigenvalue weighted by Crippen LogP contribution is 2.50. The van der Waals surface area contributed by atoms with Crippen molar-refractivity contribution in [1.29, 1.82) is 0 Å². The fraction of sp³-hybridized carbons (Fsp3) is 0.538. The van der Waals surface area contributed by atoms with Crippen LogP contribution in [0.25, 0.3) is 10.9 Å². The van der Waals surface area contributed by atoms with Gasteiger partial charge in [-0.3, -0.25) is 9.69 Å². The summed E-state index contributed by atoms with van der Waals surface area (Å²) in [4.78, 5) is 26.1. The highest BCUT2D eigenvalue weighted by Gasteiger charge is 2.49. The van der Waals surface area contributed by atoms with Crippen molar-refractivity contribution < 1.29 is 14.6 Å². The maximum Gasteiger partial charge on any atom is 0.226 e. The number of nitrogens with zero attached hydrogens (tertiary/aromatic N) is 3. The first-order valence-electron chi connectivity index (χ1n) is 12.3. The lowest BCUT2D eigenvalue weighted by atomic mass is 9.67. The lowest BCUT2D eigenvalue weighted by Gasteiger charge is -2.51. The predicted octanol–water partition coefficient (Wildman–Crippen LogP) is 3.84. The van der Waals surface area contributed by atoms with Crippen molar-refractivity contribution in [2.45, 2.75) is 50.1 Å². The highest BCUT2D eigenvalue weighted by molar-refractivity contribution is 7.09. The molecule has 2 aliphatic heterocycles. The minimum atomic E-state index is -0.319. The van der Waals surface area contributed by atoms with E-state index in [1.165, 1.54) is 10.9 Å². The topological polar surface area (TPSA) is 81.7 Å². The summed E-state index contributed by atoms with van der Waals surface area (Å²) in [7, 11) is 1.68. The van der Waals surface area contributed by atoms with Crippen molar-refractivity contribution in [3.63, 3.8) is 0 Å². The Hall–Kier alpha value is -2.42. The number of aliphatic hydroxyl groups excluding tert-OH is 1. The number of hydrogen-bond donors (Lipinski definition) is 2. The van der Waals surface area contributed by atoms with E-state index in [2.05, 4.69) is 20.9 Å². The quantitative estimate of drug-likeness (QED) is 0.580. The van der Waals surface area contributed by atoms with E-state index in [4.69, 9.17) is 4.74 Å². The smallest absolute Gasteiger partial charge is 0.226 e. The number of aromatic amines is 1. The van der Waals surface area contributed by atoms with E-state index in [1.54, 1.807) is 18.4 Å². The largest absolute Gasteiger partial charge is 0.497 e. The molecule has 1 saturated heterocycles. The second-order valence-corrected chi connectivity index (χ2v) is 11.1. The summed E-state index contributed by atoms with van der Waals surface area (Å²) in [5, 5.41) is 14.9. The van der Waals surface area contributed by atoms with Gasteiger partial charge in [-0.05, 0) is 56.5 Å². The number of fused-ring (bicyclic) bond motifs is 4. The van der Waals surface area contributed by atoms with Gasteiger partial charge in [0.2, 0.25) is 5.91 Å². The molecule has 180 valence electrons. The van der Waals surface area contributed by atoms with Crippen LogP contribution in [0.5, 0.6) is 5.75 Å². The van der Waals surface area contributed by atoms with Gasteiger partial charge in [0.25, 0.3) is 0 Å². The van der Waals surface area contributed by atoms with Crippen LogP contribution >= 0.6 is 11.3 Å². The van der Waals surface area contributed by atoms with E-state index in [0.717, 1.165) is 73.7 Å². The number of thiazole rings is 1. The minimum absolute atomic E-state index is 0.0678. The van der Waals surface area contributed by atoms with Crippen molar-refractivity contribution >= 4 is 28.1 Å². The fourth-order valence-electron chi connectivity index (χ4n) is 6.20. The number of benzene rings is 1. The number of nitrogens with one attached hydrogen (secondary N) is 1. The third-order valence-corrected chi connectivity index (χ3v) is 9.08. The second-order valence-electron chi connectivity index (χ2n) is 10.1. The summed E-state index contributed by atoms with van der Waals surface area (Å²) in [6.07, 6.45) is 6.91. The van der Waals surface area contributed by atoms with Crippen LogP contribution in [0.1, 0.15) is 54.4 Å². The Kier molecular flexibility index (Phi) is 5.62. The van der Waals surface area contributed by atoms with Crippen LogP contribution in [0.2, 0.25) is 0 Å². The molecule has 1 saturated carbocycles. The normalized spacial score (nSPS) is 22.6. The maximum absolute atomic E-state index is 13.5. The van der Waals surface area contributed by atoms with Crippen molar-refractivity contribution in [1.82, 2.24) is 19.8 Å². The standard InChI is InChI=1S/C26H32N4O3S/c1-33-18-5-6-19-20(13-18)28-24-21(15-31)30(25(32)17-3-2-4-17)16-26(23(19)24)7-10-29(11-8-26)14-22-27-9-12-34-22/h5-6,9,12-13,17,21,28,31H,2-4,7-8,10-11,14-16H2,1H3/t21-/m1/s1. The van der Waals surface area contributed by atoms with Crippen LogP contribution in [-0.4, -0.2) is 64.1 Å². The number of piperidine rings is 1. The monoisotopic (exact) mass is 480 g/mol. The number of aromatic nitrogens is 2. The maximum atomic E-state index is 13.5. The van der Waals surface area contributed by atoms with Gasteiger partial charge >= 0.3 is 0 Å². The summed E-state index contributed by atoms with van der Waals surface area (Å²) < 4.78 is 5.48. The van der Waals surface area contributed by atoms with E-state index >= 15 is 0 Å². The van der Waals surface area contributed by atoms with Gasteiger partial charge in [-0.25, -0.2) is 4.98 Å². The molecule has 8 heteroatoms. The van der Waals surface area contributed by atoms with Crippen LogP contribution in [0.15, 0.2) is 29.8 Å². The van der Waals surface area contributed by atoms with E-state index < -0.39 is 0 Å². The Labute approximate surface area is 203 Å². The summed E-state index contributed by atoms with van der Waals surface area (Å²) in [5.74, 6) is 1.14. The van der Waals surface area contributed by atoms with Gasteiger partial charge in [0.15, 0.2) is 0 Å². The third kappa shape index (κ3) is 3.54. The molecule has 6 rings (SSSR count). The van der Waals surface area contributed by atoms with E-state index in [-0.39, 0.29) is 29.9 Å². The number of methoxy groups -OCH3 is 1. The van der Waals surface area contributed by atoms with Gasteiger partial charge in [-0.1, -0.05) is 6.42 Å². The molecule has 0 bridgehead atoms. The van der Waals surface area contributed by atoms with Crippen molar-refractivity contribution in [2.75, 3.05) is 33.4 Å². The Balaban J connectivity index is 1.40. The average Bonchev–Trinajstić information content (AvgIpc) is 3.47. The molecule has 3 aliphatic rings. The number of likely N-dealkylation sites (tertiary alicyclic amines) is 1. The zero-order valence-corrected chi connectivity index (χ0v) is 20.4. The molecule has 2 aromatic heterocycles. The molecule has 1 aromatic carbocycles. The Morgan fingerprint density at radius 3 is 2.79 bits per heavy atom. The van der Waals surface area contributed by atoms with Gasteiger partial charge in [0.05, 0.1) is 26.3 Å². The number of hydrogen-bond acceptors (Lipinski definition) is 6. The molecule has 0 radical (unpaired) electrons. The number of rotatable bonds is 5. The first kappa shape index (κ1) is 22.1. The van der Waals surface area contributed by atoms with Crippen molar-refractivity contribution in [2.24, 2.45) is 5.92 Å². The van der Waals surface area contributed by atoms with Gasteiger partial charge in [0.1, 0.15) is 10.8 Å². The summed E-state index contributed by atoms with van der Waals surface area (Å²) >= 11 is 1.71. The molecule has 2 fully saturated rings. The molecule has 2 N–H and O–H groups in total. The average molecular weight is 481 g/mol. The molecule has 7 nitrogen and oxygen atoms in total. The lowest BCUT2D eigenvalue weighted by Crippen LogP contribution is -2.56.